The molecule has 2 amide bonds. The summed E-state index contributed by atoms with van der Waals surface area (Å²) in [6, 6.07) is 2.92. The van der Waals surface area contributed by atoms with Gasteiger partial charge in [0.1, 0.15) is 12.4 Å². The molecule has 28 heavy (non-hydrogen) atoms. The Morgan fingerprint density at radius 2 is 2.21 bits per heavy atom. The minimum atomic E-state index is -1.09. The first-order valence-corrected chi connectivity index (χ1v) is 9.12. The van der Waals surface area contributed by atoms with Gasteiger partial charge in [-0.15, -0.1) is 12.6 Å². The summed E-state index contributed by atoms with van der Waals surface area (Å²) < 4.78 is 7.25. The van der Waals surface area contributed by atoms with Crippen LogP contribution in [0.4, 0.5) is 0 Å². The summed E-state index contributed by atoms with van der Waals surface area (Å²) in [6.45, 7) is 3.25. The van der Waals surface area contributed by atoms with Gasteiger partial charge in [0.15, 0.2) is 0 Å². The van der Waals surface area contributed by atoms with Crippen LogP contribution in [-0.2, 0) is 4.79 Å². The molecule has 150 valence electrons. The number of fused-ring (bicyclic) bond motifs is 1. The van der Waals surface area contributed by atoms with Gasteiger partial charge in [0, 0.05) is 28.9 Å². The Bertz CT molecular complexity index is 982. The second-order valence-corrected chi connectivity index (χ2v) is 7.52. The minimum absolute atomic E-state index is 0.204. The van der Waals surface area contributed by atoms with E-state index in [0.29, 0.717) is 39.5 Å². The molecule has 6 N–H and O–H groups in total. The normalized spacial score (nSPS) is 21.9. The van der Waals surface area contributed by atoms with Crippen LogP contribution in [0, 0.1) is 12.3 Å². The van der Waals surface area contributed by atoms with E-state index in [4.69, 9.17) is 16.2 Å². The van der Waals surface area contributed by atoms with Crippen molar-refractivity contribution in [3.8, 4) is 5.75 Å². The smallest absolute Gasteiger partial charge is 0.255 e. The Labute approximate surface area is 167 Å². The molecule has 0 saturated heterocycles. The summed E-state index contributed by atoms with van der Waals surface area (Å²) in [6.07, 6.45) is 2.00. The summed E-state index contributed by atoms with van der Waals surface area (Å²) >= 11 is 4.26. The number of nitrogens with one attached hydrogen (secondary N) is 1. The highest BCUT2D eigenvalue weighted by atomic mass is 32.1. The molecule has 1 aliphatic carbocycles. The number of aromatic nitrogens is 2. The zero-order valence-electron chi connectivity index (χ0n) is 15.6. The maximum atomic E-state index is 12.8. The Hall–Kier alpha value is -2.72. The van der Waals surface area contributed by atoms with E-state index in [2.05, 4.69) is 23.0 Å². The summed E-state index contributed by atoms with van der Waals surface area (Å²) in [7, 11) is 0. The molecular weight excluding hydrogens is 382 g/mol. The fourth-order valence-corrected chi connectivity index (χ4v) is 3.09. The summed E-state index contributed by atoms with van der Waals surface area (Å²) in [5.41, 5.74) is 11.9. The summed E-state index contributed by atoms with van der Waals surface area (Å²) in [4.78, 5) is 25.0. The first-order chi connectivity index (χ1) is 13.2. The molecule has 0 radical (unpaired) electrons. The number of carbonyl (C=O) groups excluding carboxylic acids is 2. The number of aliphatic hydroxyl groups excluding tert-OH is 1. The Kier molecular flexibility index (Phi) is 5.26. The molecule has 0 spiro atoms. The predicted molar refractivity (Wildman–Crippen MR) is 106 cm³/mol. The average Bonchev–Trinajstić information content (AvgIpc) is 3.25. The van der Waals surface area contributed by atoms with Gasteiger partial charge in [-0.05, 0) is 26.3 Å². The Morgan fingerprint density at radius 1 is 1.50 bits per heavy atom. The lowest BCUT2D eigenvalue weighted by Crippen LogP contribution is -2.38. The molecule has 0 aromatic carbocycles. The molecule has 1 fully saturated rings. The third-order valence-corrected chi connectivity index (χ3v) is 5.47. The predicted octanol–water partition coefficient (Wildman–Crippen LogP) is 0.108. The molecule has 2 aromatic heterocycles. The number of nitrogens with zero attached hydrogens (tertiary/aromatic N) is 2. The highest BCUT2D eigenvalue weighted by molar-refractivity contribution is 7.84. The van der Waals surface area contributed by atoms with Crippen LogP contribution in [0.25, 0.3) is 5.52 Å². The van der Waals surface area contributed by atoms with Gasteiger partial charge in [-0.1, -0.05) is 0 Å². The van der Waals surface area contributed by atoms with Gasteiger partial charge in [0.05, 0.1) is 28.8 Å². The van der Waals surface area contributed by atoms with Crippen molar-refractivity contribution < 1.29 is 19.4 Å². The molecule has 2 atom stereocenters. The number of primary amides is 1. The monoisotopic (exact) mass is 405 g/mol. The second-order valence-electron chi connectivity index (χ2n) is 6.98. The van der Waals surface area contributed by atoms with Crippen molar-refractivity contribution >= 4 is 30.0 Å². The zero-order chi connectivity index (χ0) is 20.6. The molecule has 2 heterocycles. The van der Waals surface area contributed by atoms with Crippen LogP contribution < -0.4 is 21.5 Å². The number of hydrogen-bond donors (Lipinski definition) is 5. The number of aliphatic hydroxyl groups is 1. The first-order valence-electron chi connectivity index (χ1n) is 8.67. The van der Waals surface area contributed by atoms with Gasteiger partial charge in [-0.3, -0.25) is 9.59 Å². The quantitative estimate of drug-likeness (QED) is 0.413. The molecule has 1 saturated carbocycles. The van der Waals surface area contributed by atoms with Crippen molar-refractivity contribution in [2.75, 3.05) is 13.2 Å². The molecule has 2 unspecified atom stereocenters. The fraction of sp³-hybridized carbons (Fsp3) is 0.389. The van der Waals surface area contributed by atoms with Crippen molar-refractivity contribution in [3.05, 3.63) is 40.2 Å². The summed E-state index contributed by atoms with van der Waals surface area (Å²) in [5.74, 6) is -0.486. The number of nitrogens with two attached hydrogens (primary N) is 2. The van der Waals surface area contributed by atoms with Gasteiger partial charge < -0.3 is 26.6 Å². The lowest BCUT2D eigenvalue weighted by Gasteiger charge is -2.11. The number of carbonyl (C=O) groups is 2. The largest absolute Gasteiger partial charge is 0.488 e. The molecule has 9 nitrogen and oxygen atoms in total. The van der Waals surface area contributed by atoms with Gasteiger partial charge in [-0.2, -0.15) is 5.10 Å². The average molecular weight is 405 g/mol. The summed E-state index contributed by atoms with van der Waals surface area (Å²) in [5, 5.41) is 16.5. The SMILES string of the molecule is C/C(N)=C(/S)COc1ccn2nc(C)c(C(=O)NC3CC3(CO)C(N)=O)c2c1. The topological polar surface area (TPSA) is 145 Å². The highest BCUT2D eigenvalue weighted by Gasteiger charge is 2.59. The molecule has 10 heteroatoms. The number of rotatable bonds is 7. The van der Waals surface area contributed by atoms with Crippen LogP contribution in [0.3, 0.4) is 0 Å². The molecule has 0 bridgehead atoms. The van der Waals surface area contributed by atoms with E-state index in [1.54, 1.807) is 36.7 Å². The second kappa shape index (κ2) is 7.36. The first kappa shape index (κ1) is 20.0. The van der Waals surface area contributed by atoms with Crippen LogP contribution >= 0.6 is 12.6 Å². The molecule has 1 aliphatic rings. The van der Waals surface area contributed by atoms with Crippen LogP contribution in [0.5, 0.6) is 5.75 Å². The Morgan fingerprint density at radius 3 is 2.79 bits per heavy atom. The number of amides is 2. The number of ether oxygens (including phenoxy) is 1. The van der Waals surface area contributed by atoms with E-state index in [0.717, 1.165) is 0 Å². The number of thiol groups is 1. The third-order valence-electron chi connectivity index (χ3n) is 4.99. The number of pyridine rings is 1. The van der Waals surface area contributed by atoms with Crippen LogP contribution in [-0.4, -0.2) is 45.8 Å². The number of hydrogen-bond acceptors (Lipinski definition) is 7. The van der Waals surface area contributed by atoms with E-state index < -0.39 is 24.0 Å². The standard InChI is InChI=1S/C18H23N5O4S/c1-9(19)13(28)7-27-11-3-4-23-12(5-11)15(10(2)22-23)16(25)21-14-6-18(14,8-24)17(20)26/h3-5,14,24,28H,6-8,19H2,1-2H3,(H2,20,26)(H,21,25)/b13-9-. The highest BCUT2D eigenvalue weighted by Crippen LogP contribution is 2.45. The molecule has 0 aliphatic heterocycles. The van der Waals surface area contributed by atoms with E-state index in [1.165, 1.54) is 0 Å². The molecule has 3 rings (SSSR count). The van der Waals surface area contributed by atoms with Crippen LogP contribution in [0.1, 0.15) is 29.4 Å². The fourth-order valence-electron chi connectivity index (χ4n) is 3.03. The van der Waals surface area contributed by atoms with E-state index >= 15 is 0 Å². The van der Waals surface area contributed by atoms with E-state index in [9.17, 15) is 14.7 Å². The van der Waals surface area contributed by atoms with Gasteiger partial charge in [0.2, 0.25) is 5.91 Å². The van der Waals surface area contributed by atoms with Crippen molar-refractivity contribution in [1.82, 2.24) is 14.9 Å². The van der Waals surface area contributed by atoms with Crippen LogP contribution in [0.2, 0.25) is 0 Å². The Balaban J connectivity index is 1.83. The van der Waals surface area contributed by atoms with E-state index in [1.807, 2.05) is 0 Å². The number of aryl methyl sites for hydroxylation is 1. The van der Waals surface area contributed by atoms with Crippen molar-refractivity contribution in [3.63, 3.8) is 0 Å². The third kappa shape index (κ3) is 3.52. The maximum Gasteiger partial charge on any atom is 0.255 e. The zero-order valence-corrected chi connectivity index (χ0v) is 16.5. The van der Waals surface area contributed by atoms with Crippen molar-refractivity contribution in [2.45, 2.75) is 26.3 Å². The molecule has 2 aromatic rings. The van der Waals surface area contributed by atoms with Gasteiger partial charge in [0.25, 0.3) is 5.91 Å². The van der Waals surface area contributed by atoms with Crippen molar-refractivity contribution in [2.24, 2.45) is 16.9 Å². The lowest BCUT2D eigenvalue weighted by atomic mass is 10.1. The lowest BCUT2D eigenvalue weighted by molar-refractivity contribution is -0.124. The van der Waals surface area contributed by atoms with Crippen LogP contribution in [0.15, 0.2) is 28.9 Å². The van der Waals surface area contributed by atoms with E-state index in [-0.39, 0.29) is 12.5 Å². The minimum Gasteiger partial charge on any atom is -0.488 e. The number of allylic oxidation sites excluding steroid dienone is 1. The maximum absolute atomic E-state index is 12.8. The van der Waals surface area contributed by atoms with Gasteiger partial charge in [-0.25, -0.2) is 4.52 Å². The van der Waals surface area contributed by atoms with Gasteiger partial charge >= 0.3 is 0 Å². The molecular formula is C18H23N5O4S. The van der Waals surface area contributed by atoms with Crippen molar-refractivity contribution in [1.29, 1.82) is 0 Å².